The molecule has 2 aromatic carbocycles. The smallest absolute Gasteiger partial charge is 0.406 e. The zero-order chi connectivity index (χ0) is 24.2. The van der Waals surface area contributed by atoms with Crippen molar-refractivity contribution in [3.05, 3.63) is 65.7 Å². The molecule has 35 heavy (non-hydrogen) atoms. The van der Waals surface area contributed by atoms with E-state index in [1.54, 1.807) is 12.1 Å². The van der Waals surface area contributed by atoms with Crippen molar-refractivity contribution >= 4 is 0 Å². The summed E-state index contributed by atoms with van der Waals surface area (Å²) < 4.78 is 42.9. The standard InChI is InChI=1S/C28H37F3N2O.Mn/c1-22(23-10-5-3-6-11-23)33-18-16-32(17-19-33)21-26(27(2)14-7-4-8-15-27)24-12-9-13-25(20-24)34-28(29,30)31;/h3,5-6,9-13,20,22,26H,4,7-8,14-19,21H2,1-2H3;/t22-,26+;/m0./s1. The van der Waals surface area contributed by atoms with Crippen LogP contribution >= 0.6 is 0 Å². The number of hydrogen-bond donors (Lipinski definition) is 0. The van der Waals surface area contributed by atoms with Crippen LogP contribution in [0.25, 0.3) is 0 Å². The molecule has 0 unspecified atom stereocenters. The summed E-state index contributed by atoms with van der Waals surface area (Å²) in [5, 5.41) is 0. The van der Waals surface area contributed by atoms with Crippen molar-refractivity contribution in [2.24, 2.45) is 5.41 Å². The number of piperazine rings is 1. The number of alkyl halides is 3. The van der Waals surface area contributed by atoms with Crippen LogP contribution in [-0.4, -0.2) is 48.9 Å². The van der Waals surface area contributed by atoms with Gasteiger partial charge in [-0.2, -0.15) is 0 Å². The van der Waals surface area contributed by atoms with Gasteiger partial charge in [-0.1, -0.05) is 68.7 Å². The van der Waals surface area contributed by atoms with Gasteiger partial charge in [-0.05, 0) is 48.4 Å². The van der Waals surface area contributed by atoms with Gasteiger partial charge in [0.05, 0.1) is 0 Å². The van der Waals surface area contributed by atoms with Crippen LogP contribution in [0.1, 0.15) is 69.0 Å². The van der Waals surface area contributed by atoms with Gasteiger partial charge in [0.2, 0.25) is 0 Å². The minimum Gasteiger partial charge on any atom is -0.406 e. The molecule has 1 saturated carbocycles. The number of halogens is 3. The summed E-state index contributed by atoms with van der Waals surface area (Å²) in [5.74, 6) is 0.0681. The zero-order valence-corrected chi connectivity index (χ0v) is 21.9. The third kappa shape index (κ3) is 7.48. The van der Waals surface area contributed by atoms with E-state index in [0.29, 0.717) is 6.04 Å². The Morgan fingerprint density at radius 2 is 1.51 bits per heavy atom. The van der Waals surface area contributed by atoms with Gasteiger partial charge in [0.25, 0.3) is 0 Å². The molecule has 7 heteroatoms. The summed E-state index contributed by atoms with van der Waals surface area (Å²) in [7, 11) is 0. The normalized spacial score (nSPS) is 21.1. The van der Waals surface area contributed by atoms with Gasteiger partial charge >= 0.3 is 6.36 Å². The first-order valence-corrected chi connectivity index (χ1v) is 12.6. The van der Waals surface area contributed by atoms with Crippen molar-refractivity contribution in [1.82, 2.24) is 9.80 Å². The average molecular weight is 530 g/mol. The monoisotopic (exact) mass is 529 g/mol. The maximum atomic E-state index is 12.9. The third-order valence-corrected chi connectivity index (χ3v) is 8.01. The van der Waals surface area contributed by atoms with E-state index in [2.05, 4.69) is 58.7 Å². The number of rotatable bonds is 7. The number of benzene rings is 2. The van der Waals surface area contributed by atoms with E-state index in [1.165, 1.54) is 30.9 Å². The van der Waals surface area contributed by atoms with Gasteiger partial charge in [-0.25, -0.2) is 0 Å². The van der Waals surface area contributed by atoms with E-state index in [9.17, 15) is 13.2 Å². The second-order valence-electron chi connectivity index (χ2n) is 10.3. The first-order chi connectivity index (χ1) is 16.2. The Morgan fingerprint density at radius 1 is 0.886 bits per heavy atom. The molecule has 1 saturated heterocycles. The van der Waals surface area contributed by atoms with Gasteiger partial charge in [-0.3, -0.25) is 4.90 Å². The van der Waals surface area contributed by atoms with Crippen molar-refractivity contribution in [2.45, 2.75) is 64.3 Å². The van der Waals surface area contributed by atoms with Gasteiger partial charge in [0.15, 0.2) is 0 Å². The molecule has 2 aliphatic rings. The molecule has 0 spiro atoms. The van der Waals surface area contributed by atoms with Crippen LogP contribution in [0.3, 0.4) is 0 Å². The Balaban J connectivity index is 0.00000342. The summed E-state index contributed by atoms with van der Waals surface area (Å²) >= 11 is 0. The SMILES string of the molecule is C[C@@H](c1ccccc1)N1CCN(C[C@H](c2cccc(OC(F)(F)F)c2)C2(C)CCCCC2)CC1.[Mn]. The van der Waals surface area contributed by atoms with Gasteiger partial charge in [0, 0.05) is 61.8 Å². The zero-order valence-electron chi connectivity index (χ0n) is 20.7. The molecular formula is C28H37F3MnN2O. The van der Waals surface area contributed by atoms with Crippen molar-refractivity contribution in [2.75, 3.05) is 32.7 Å². The van der Waals surface area contributed by atoms with Crippen LogP contribution in [0.15, 0.2) is 54.6 Å². The Labute approximate surface area is 218 Å². The third-order valence-electron chi connectivity index (χ3n) is 8.01. The summed E-state index contributed by atoms with van der Waals surface area (Å²) in [6, 6.07) is 17.7. The van der Waals surface area contributed by atoms with E-state index in [4.69, 9.17) is 0 Å². The fourth-order valence-electron chi connectivity index (χ4n) is 5.90. The molecule has 3 nitrogen and oxygen atoms in total. The van der Waals surface area contributed by atoms with Crippen molar-refractivity contribution in [1.29, 1.82) is 0 Å². The first-order valence-electron chi connectivity index (χ1n) is 12.6. The summed E-state index contributed by atoms with van der Waals surface area (Å²) in [6.07, 6.45) is 1.19. The van der Waals surface area contributed by atoms with Crippen LogP contribution < -0.4 is 4.74 Å². The molecule has 1 radical (unpaired) electrons. The molecule has 1 heterocycles. The molecule has 0 bridgehead atoms. The van der Waals surface area contributed by atoms with Crippen molar-refractivity contribution in [3.63, 3.8) is 0 Å². The summed E-state index contributed by atoms with van der Waals surface area (Å²) in [6.45, 7) is 9.42. The molecule has 2 fully saturated rings. The van der Waals surface area contributed by atoms with Crippen molar-refractivity contribution < 1.29 is 35.0 Å². The number of hydrogen-bond acceptors (Lipinski definition) is 3. The van der Waals surface area contributed by atoms with E-state index in [0.717, 1.165) is 51.1 Å². The summed E-state index contributed by atoms with van der Waals surface area (Å²) in [4.78, 5) is 5.04. The Kier molecular flexibility index (Phi) is 9.73. The molecular weight excluding hydrogens is 492 g/mol. The van der Waals surface area contributed by atoms with Crippen molar-refractivity contribution in [3.8, 4) is 5.75 Å². The first kappa shape index (κ1) is 28.0. The Hall–Kier alpha value is -1.53. The second-order valence-corrected chi connectivity index (χ2v) is 10.3. The molecule has 2 atom stereocenters. The second kappa shape index (κ2) is 12.1. The van der Waals surface area contributed by atoms with E-state index in [1.807, 2.05) is 6.07 Å². The van der Waals surface area contributed by atoms with Crippen LogP contribution in [0.2, 0.25) is 0 Å². The van der Waals surface area contributed by atoms with Crippen LogP contribution in [-0.2, 0) is 17.1 Å². The molecule has 2 aromatic rings. The fraction of sp³-hybridized carbons (Fsp3) is 0.571. The largest absolute Gasteiger partial charge is 0.573 e. The molecule has 1 aliphatic carbocycles. The quantitative estimate of drug-likeness (QED) is 0.359. The van der Waals surface area contributed by atoms with E-state index >= 15 is 0 Å². The van der Waals surface area contributed by atoms with Gasteiger partial charge in [0.1, 0.15) is 5.75 Å². The number of nitrogens with zero attached hydrogens (tertiary/aromatic N) is 2. The molecule has 0 aromatic heterocycles. The van der Waals surface area contributed by atoms with Gasteiger partial charge < -0.3 is 9.64 Å². The average Bonchev–Trinajstić information content (AvgIpc) is 2.82. The predicted octanol–water partition coefficient (Wildman–Crippen LogP) is 7.02. The molecule has 4 rings (SSSR count). The topological polar surface area (TPSA) is 15.7 Å². The molecule has 193 valence electrons. The summed E-state index contributed by atoms with van der Waals surface area (Å²) in [5.41, 5.74) is 2.39. The molecule has 0 N–H and O–H groups in total. The predicted molar refractivity (Wildman–Crippen MR) is 130 cm³/mol. The van der Waals surface area contributed by atoms with Gasteiger partial charge in [-0.15, -0.1) is 13.2 Å². The minimum absolute atomic E-state index is 0. The Bertz CT molecular complexity index is 910. The molecule has 0 amide bonds. The van der Waals surface area contributed by atoms with E-state index in [-0.39, 0.29) is 34.2 Å². The number of ether oxygens (including phenoxy) is 1. The maximum Gasteiger partial charge on any atom is 0.573 e. The maximum absolute atomic E-state index is 12.9. The Morgan fingerprint density at radius 3 is 2.14 bits per heavy atom. The van der Waals surface area contributed by atoms with E-state index < -0.39 is 6.36 Å². The fourth-order valence-corrected chi connectivity index (χ4v) is 5.90. The minimum atomic E-state index is -4.67. The van der Waals surface area contributed by atoms with Crippen LogP contribution in [0.5, 0.6) is 5.75 Å². The van der Waals surface area contributed by atoms with Crippen LogP contribution in [0.4, 0.5) is 13.2 Å². The molecule has 1 aliphatic heterocycles. The van der Waals surface area contributed by atoms with Crippen LogP contribution in [0, 0.1) is 5.41 Å².